The monoisotopic (exact) mass is 291 g/mol. The van der Waals surface area contributed by atoms with Crippen LogP contribution >= 0.6 is 0 Å². The van der Waals surface area contributed by atoms with Crippen LogP contribution in [0.2, 0.25) is 0 Å². The minimum Gasteiger partial charge on any atom is -0.481 e. The standard InChI is InChI=1S/C13H13N3O5/c1-16-9-5-3-2-4-7(9)11(15-16)12(19)14-8(13(20)21)6-10(17)18/h2-5,8H,6H2,1H3,(H,14,19)(H,17,18)(H,20,21)/t8-/m0/s1. The highest BCUT2D eigenvalue weighted by Gasteiger charge is 2.25. The fourth-order valence-corrected chi connectivity index (χ4v) is 1.98. The van der Waals surface area contributed by atoms with Gasteiger partial charge in [0, 0.05) is 12.4 Å². The van der Waals surface area contributed by atoms with E-state index in [4.69, 9.17) is 10.2 Å². The van der Waals surface area contributed by atoms with E-state index in [-0.39, 0.29) is 5.69 Å². The van der Waals surface area contributed by atoms with E-state index >= 15 is 0 Å². The SMILES string of the molecule is Cn1nc(C(=O)N[C@@H](CC(=O)O)C(=O)O)c2ccccc21. The third-order valence-electron chi connectivity index (χ3n) is 2.96. The Morgan fingerprint density at radius 3 is 2.57 bits per heavy atom. The van der Waals surface area contributed by atoms with Crippen molar-refractivity contribution in [3.05, 3.63) is 30.0 Å². The summed E-state index contributed by atoms with van der Waals surface area (Å²) in [7, 11) is 1.66. The third-order valence-corrected chi connectivity index (χ3v) is 2.96. The molecular weight excluding hydrogens is 278 g/mol. The average molecular weight is 291 g/mol. The van der Waals surface area contributed by atoms with Crippen molar-refractivity contribution < 1.29 is 24.6 Å². The molecule has 0 unspecified atom stereocenters. The number of carboxylic acid groups (broad SMARTS) is 2. The van der Waals surface area contributed by atoms with Gasteiger partial charge in [0.1, 0.15) is 6.04 Å². The van der Waals surface area contributed by atoms with E-state index < -0.39 is 30.3 Å². The van der Waals surface area contributed by atoms with E-state index in [1.807, 2.05) is 0 Å². The highest BCUT2D eigenvalue weighted by molar-refractivity contribution is 6.06. The molecule has 0 saturated carbocycles. The van der Waals surface area contributed by atoms with Crippen molar-refractivity contribution in [3.8, 4) is 0 Å². The number of para-hydroxylation sites is 1. The van der Waals surface area contributed by atoms with Gasteiger partial charge in [-0.1, -0.05) is 18.2 Å². The number of aliphatic carboxylic acids is 2. The van der Waals surface area contributed by atoms with Crippen LogP contribution in [0.3, 0.4) is 0 Å². The number of rotatable bonds is 5. The molecular formula is C13H13N3O5. The van der Waals surface area contributed by atoms with Gasteiger partial charge in [-0.2, -0.15) is 5.10 Å². The van der Waals surface area contributed by atoms with Gasteiger partial charge in [-0.25, -0.2) is 4.79 Å². The normalized spacial score (nSPS) is 12.0. The van der Waals surface area contributed by atoms with Crippen LogP contribution in [0.5, 0.6) is 0 Å². The zero-order valence-electron chi connectivity index (χ0n) is 11.1. The molecule has 0 spiro atoms. The Balaban J connectivity index is 2.30. The van der Waals surface area contributed by atoms with Gasteiger partial charge >= 0.3 is 11.9 Å². The Kier molecular flexibility index (Phi) is 3.88. The molecule has 3 N–H and O–H groups in total. The molecule has 21 heavy (non-hydrogen) atoms. The first-order valence-corrected chi connectivity index (χ1v) is 6.07. The minimum absolute atomic E-state index is 0.0599. The zero-order chi connectivity index (χ0) is 15.6. The van der Waals surface area contributed by atoms with Gasteiger partial charge in [-0.3, -0.25) is 14.3 Å². The molecule has 1 amide bonds. The lowest BCUT2D eigenvalue weighted by molar-refractivity contribution is -0.145. The van der Waals surface area contributed by atoms with Crippen molar-refractivity contribution in [3.63, 3.8) is 0 Å². The van der Waals surface area contributed by atoms with Gasteiger partial charge in [-0.15, -0.1) is 0 Å². The number of carboxylic acids is 2. The Labute approximate surface area is 119 Å². The molecule has 1 aromatic heterocycles. The number of aryl methyl sites for hydroxylation is 1. The Morgan fingerprint density at radius 2 is 1.95 bits per heavy atom. The average Bonchev–Trinajstić information content (AvgIpc) is 2.75. The number of benzene rings is 1. The summed E-state index contributed by atoms with van der Waals surface area (Å²) in [6.45, 7) is 0. The predicted octanol–water partition coefficient (Wildman–Crippen LogP) is 0.231. The van der Waals surface area contributed by atoms with E-state index in [0.717, 1.165) is 0 Å². The molecule has 0 bridgehead atoms. The molecule has 0 saturated heterocycles. The van der Waals surface area contributed by atoms with Crippen molar-refractivity contribution in [1.82, 2.24) is 15.1 Å². The van der Waals surface area contributed by atoms with Crippen LogP contribution in [0.15, 0.2) is 24.3 Å². The van der Waals surface area contributed by atoms with Crippen LogP contribution < -0.4 is 5.32 Å². The molecule has 8 nitrogen and oxygen atoms in total. The predicted molar refractivity (Wildman–Crippen MR) is 71.9 cm³/mol. The van der Waals surface area contributed by atoms with Crippen LogP contribution in [-0.4, -0.2) is 43.9 Å². The van der Waals surface area contributed by atoms with Gasteiger partial charge in [0.25, 0.3) is 5.91 Å². The van der Waals surface area contributed by atoms with E-state index in [1.54, 1.807) is 31.3 Å². The number of hydrogen-bond acceptors (Lipinski definition) is 4. The molecule has 2 aromatic rings. The topological polar surface area (TPSA) is 122 Å². The van der Waals surface area contributed by atoms with E-state index in [2.05, 4.69) is 10.4 Å². The molecule has 0 aliphatic carbocycles. The number of fused-ring (bicyclic) bond motifs is 1. The summed E-state index contributed by atoms with van der Waals surface area (Å²) in [5.74, 6) is -3.44. The maximum atomic E-state index is 12.1. The van der Waals surface area contributed by atoms with Crippen molar-refractivity contribution in [2.24, 2.45) is 7.05 Å². The quantitative estimate of drug-likeness (QED) is 0.725. The van der Waals surface area contributed by atoms with Crippen LogP contribution in [0, 0.1) is 0 Å². The summed E-state index contributed by atoms with van der Waals surface area (Å²) in [5.41, 5.74) is 0.775. The fourth-order valence-electron chi connectivity index (χ4n) is 1.98. The summed E-state index contributed by atoms with van der Waals surface area (Å²) < 4.78 is 1.50. The summed E-state index contributed by atoms with van der Waals surface area (Å²) in [4.78, 5) is 33.7. The Morgan fingerprint density at radius 1 is 1.29 bits per heavy atom. The molecule has 110 valence electrons. The summed E-state index contributed by atoms with van der Waals surface area (Å²) in [6, 6.07) is 5.47. The molecule has 0 fully saturated rings. The van der Waals surface area contributed by atoms with E-state index in [0.29, 0.717) is 10.9 Å². The Hall–Kier alpha value is -2.90. The Bertz CT molecular complexity index is 722. The molecule has 0 aliphatic rings. The second-order valence-corrected chi connectivity index (χ2v) is 4.45. The fraction of sp³-hybridized carbons (Fsp3) is 0.231. The maximum Gasteiger partial charge on any atom is 0.326 e. The molecule has 1 atom stereocenters. The third kappa shape index (κ3) is 2.99. The number of nitrogens with zero attached hydrogens (tertiary/aromatic N) is 2. The lowest BCUT2D eigenvalue weighted by Gasteiger charge is -2.11. The van der Waals surface area contributed by atoms with E-state index in [1.165, 1.54) is 4.68 Å². The minimum atomic E-state index is -1.50. The number of amides is 1. The van der Waals surface area contributed by atoms with Crippen LogP contribution in [-0.2, 0) is 16.6 Å². The number of nitrogens with one attached hydrogen (secondary N) is 1. The number of aromatic nitrogens is 2. The van der Waals surface area contributed by atoms with Crippen molar-refractivity contribution in [1.29, 1.82) is 0 Å². The molecule has 2 rings (SSSR count). The molecule has 0 radical (unpaired) electrons. The smallest absolute Gasteiger partial charge is 0.326 e. The summed E-state index contributed by atoms with van der Waals surface area (Å²) >= 11 is 0. The second kappa shape index (κ2) is 5.61. The van der Waals surface area contributed by atoms with Crippen LogP contribution in [0.1, 0.15) is 16.9 Å². The van der Waals surface area contributed by atoms with Crippen molar-refractivity contribution >= 4 is 28.7 Å². The first-order chi connectivity index (χ1) is 9.90. The van der Waals surface area contributed by atoms with Crippen LogP contribution in [0.25, 0.3) is 10.9 Å². The largest absolute Gasteiger partial charge is 0.481 e. The summed E-state index contributed by atoms with van der Waals surface area (Å²) in [6.07, 6.45) is -0.703. The van der Waals surface area contributed by atoms with Gasteiger partial charge < -0.3 is 15.5 Å². The second-order valence-electron chi connectivity index (χ2n) is 4.45. The highest BCUT2D eigenvalue weighted by Crippen LogP contribution is 2.17. The number of carbonyl (C=O) groups is 3. The van der Waals surface area contributed by atoms with Gasteiger partial charge in [0.15, 0.2) is 5.69 Å². The number of carbonyl (C=O) groups excluding carboxylic acids is 1. The number of hydrogen-bond donors (Lipinski definition) is 3. The molecule has 8 heteroatoms. The molecule has 1 heterocycles. The molecule has 1 aromatic carbocycles. The van der Waals surface area contributed by atoms with Gasteiger partial charge in [0.2, 0.25) is 0 Å². The first kappa shape index (κ1) is 14.5. The van der Waals surface area contributed by atoms with Gasteiger partial charge in [-0.05, 0) is 6.07 Å². The zero-order valence-corrected chi connectivity index (χ0v) is 11.1. The molecule has 0 aliphatic heterocycles. The highest BCUT2D eigenvalue weighted by atomic mass is 16.4. The lowest BCUT2D eigenvalue weighted by atomic mass is 10.1. The first-order valence-electron chi connectivity index (χ1n) is 6.07. The van der Waals surface area contributed by atoms with Crippen molar-refractivity contribution in [2.45, 2.75) is 12.5 Å². The van der Waals surface area contributed by atoms with Crippen LogP contribution in [0.4, 0.5) is 0 Å². The summed E-state index contributed by atoms with van der Waals surface area (Å²) in [5, 5.41) is 24.4. The lowest BCUT2D eigenvalue weighted by Crippen LogP contribution is -2.42. The van der Waals surface area contributed by atoms with Gasteiger partial charge in [0.05, 0.1) is 11.9 Å². The van der Waals surface area contributed by atoms with E-state index in [9.17, 15) is 14.4 Å². The maximum absolute atomic E-state index is 12.1. The van der Waals surface area contributed by atoms with Crippen molar-refractivity contribution in [2.75, 3.05) is 0 Å².